The molecule has 0 bridgehead atoms. The van der Waals surface area contributed by atoms with Gasteiger partial charge in [0.05, 0.1) is 13.2 Å². The van der Waals surface area contributed by atoms with Gasteiger partial charge in [0.15, 0.2) is 12.6 Å². The lowest BCUT2D eigenvalue weighted by atomic mass is 9.90. The van der Waals surface area contributed by atoms with E-state index in [2.05, 4.69) is 0 Å². The Balaban J connectivity index is 2.15. The van der Waals surface area contributed by atoms with Crippen molar-refractivity contribution in [1.82, 2.24) is 0 Å². The van der Waals surface area contributed by atoms with Crippen molar-refractivity contribution in [3.63, 3.8) is 0 Å². The van der Waals surface area contributed by atoms with Gasteiger partial charge in [-0.1, -0.05) is 0 Å². The van der Waals surface area contributed by atoms with Gasteiger partial charge in [0.1, 0.15) is 47.8 Å². The summed E-state index contributed by atoms with van der Waals surface area (Å²) in [4.78, 5) is 0. The lowest BCUT2D eigenvalue weighted by Crippen LogP contribution is -2.54. The van der Waals surface area contributed by atoms with Crippen molar-refractivity contribution < 1.29 is 54.7 Å². The molecule has 0 aromatic rings. The molecule has 10 atom stereocenters. The van der Waals surface area contributed by atoms with E-state index >= 15 is 0 Å². The van der Waals surface area contributed by atoms with Crippen LogP contribution in [0.4, 0.5) is 0 Å². The predicted octanol–water partition coefficient (Wildman–Crippen LogP) is -3.96. The summed E-state index contributed by atoms with van der Waals surface area (Å²) in [5.74, 6) is 0. The fourth-order valence-corrected chi connectivity index (χ4v) is 3.31. The minimum atomic E-state index is -1.94. The van der Waals surface area contributed by atoms with Gasteiger partial charge in [-0.25, -0.2) is 0 Å². The van der Waals surface area contributed by atoms with Crippen molar-refractivity contribution in [3.05, 3.63) is 0 Å². The van der Waals surface area contributed by atoms with Crippen molar-refractivity contribution in [3.8, 4) is 0 Å². The van der Waals surface area contributed by atoms with Gasteiger partial charge in [0, 0.05) is 7.11 Å². The van der Waals surface area contributed by atoms with E-state index in [1.807, 2.05) is 0 Å². The second-order valence-corrected chi connectivity index (χ2v) is 7.03. The van der Waals surface area contributed by atoms with E-state index in [1.165, 1.54) is 21.0 Å². The highest BCUT2D eigenvalue weighted by Gasteiger charge is 2.59. The molecule has 0 radical (unpaired) electrons. The quantitative estimate of drug-likeness (QED) is 0.228. The molecule has 2 aliphatic heterocycles. The average molecular weight is 384 g/mol. The summed E-state index contributed by atoms with van der Waals surface area (Å²) >= 11 is 0. The molecule has 11 nitrogen and oxygen atoms in total. The molecular formula is C15H28O11. The molecule has 2 rings (SSSR count). The Kier molecular flexibility index (Phi) is 6.63. The maximum absolute atomic E-state index is 10.5. The average Bonchev–Trinajstić information content (AvgIpc) is 2.96. The summed E-state index contributed by atoms with van der Waals surface area (Å²) in [5, 5.41) is 69.6. The minimum Gasteiger partial charge on any atom is -0.394 e. The fourth-order valence-electron chi connectivity index (χ4n) is 3.31. The lowest BCUT2D eigenvalue weighted by molar-refractivity contribution is -0.246. The normalized spacial score (nSPS) is 48.7. The molecule has 0 saturated carbocycles. The van der Waals surface area contributed by atoms with Crippen LogP contribution in [-0.4, -0.2) is 116 Å². The van der Waals surface area contributed by atoms with Crippen molar-refractivity contribution in [1.29, 1.82) is 0 Å². The SMILES string of the molecule is CO[C@@H]1O[C@@H](C(CO)O[C@@H]2O[C@@H](C(O)CO)[C@](C)(O)C2O)[C@](C)(O)C1O. The Morgan fingerprint density at radius 1 is 0.923 bits per heavy atom. The number of ether oxygens (including phenoxy) is 4. The van der Waals surface area contributed by atoms with Crippen LogP contribution < -0.4 is 0 Å². The van der Waals surface area contributed by atoms with Crippen LogP contribution in [0.5, 0.6) is 0 Å². The molecule has 0 aliphatic carbocycles. The smallest absolute Gasteiger partial charge is 0.187 e. The van der Waals surface area contributed by atoms with E-state index in [1.54, 1.807) is 0 Å². The largest absolute Gasteiger partial charge is 0.394 e. The maximum atomic E-state index is 10.5. The van der Waals surface area contributed by atoms with Gasteiger partial charge < -0.3 is 54.7 Å². The summed E-state index contributed by atoms with van der Waals surface area (Å²) in [7, 11) is 1.27. The molecule has 2 heterocycles. The Hall–Kier alpha value is -0.440. The number of aliphatic hydroxyl groups excluding tert-OH is 5. The highest BCUT2D eigenvalue weighted by atomic mass is 16.7. The third kappa shape index (κ3) is 3.62. The molecule has 7 N–H and O–H groups in total. The monoisotopic (exact) mass is 384 g/mol. The second kappa shape index (κ2) is 7.89. The lowest BCUT2D eigenvalue weighted by Gasteiger charge is -2.33. The summed E-state index contributed by atoms with van der Waals surface area (Å²) in [6.07, 6.45) is -11.0. The molecule has 2 aliphatic rings. The van der Waals surface area contributed by atoms with E-state index in [0.29, 0.717) is 0 Å². The van der Waals surface area contributed by atoms with Crippen molar-refractivity contribution in [2.75, 3.05) is 20.3 Å². The van der Waals surface area contributed by atoms with Crippen LogP contribution >= 0.6 is 0 Å². The summed E-state index contributed by atoms with van der Waals surface area (Å²) in [6.45, 7) is 1.08. The molecule has 4 unspecified atom stereocenters. The van der Waals surface area contributed by atoms with Crippen LogP contribution in [0.2, 0.25) is 0 Å². The number of methoxy groups -OCH3 is 1. The summed E-state index contributed by atoms with van der Waals surface area (Å²) in [5.41, 5.74) is -3.79. The first-order chi connectivity index (χ1) is 12.0. The van der Waals surface area contributed by atoms with Crippen LogP contribution in [0.15, 0.2) is 0 Å². The highest BCUT2D eigenvalue weighted by molar-refractivity contribution is 5.04. The molecule has 0 aromatic carbocycles. The van der Waals surface area contributed by atoms with Crippen LogP contribution in [0.3, 0.4) is 0 Å². The second-order valence-electron chi connectivity index (χ2n) is 7.03. The zero-order valence-corrected chi connectivity index (χ0v) is 14.8. The van der Waals surface area contributed by atoms with E-state index in [9.17, 15) is 30.6 Å². The third-order valence-corrected chi connectivity index (χ3v) is 5.02. The van der Waals surface area contributed by atoms with Gasteiger partial charge in [0.25, 0.3) is 0 Å². The maximum Gasteiger partial charge on any atom is 0.187 e. The van der Waals surface area contributed by atoms with E-state index < -0.39 is 73.6 Å². The van der Waals surface area contributed by atoms with Gasteiger partial charge in [-0.15, -0.1) is 0 Å². The summed E-state index contributed by atoms with van der Waals surface area (Å²) in [6, 6.07) is 0. The Bertz CT molecular complexity index is 471. The Labute approximate surface area is 150 Å². The first-order valence-electron chi connectivity index (χ1n) is 8.22. The van der Waals surface area contributed by atoms with Crippen LogP contribution in [0, 0.1) is 0 Å². The molecule has 2 fully saturated rings. The molecule has 2 saturated heterocycles. The highest BCUT2D eigenvalue weighted by Crippen LogP contribution is 2.38. The van der Waals surface area contributed by atoms with Crippen molar-refractivity contribution in [2.45, 2.75) is 74.3 Å². The molecule has 0 amide bonds. The van der Waals surface area contributed by atoms with Crippen LogP contribution in [-0.2, 0) is 18.9 Å². The standard InChI is InChI=1S/C15H28O11/c1-14(21)9(20)13(25-10(14)6(18)4-16)24-7(5-17)11-15(2,22)8(19)12(23-3)26-11/h6-13,16-22H,4-5H2,1-3H3/t6?,7?,8?,9?,10-,11-,12+,13+,14+,15+/m0/s1. The Morgan fingerprint density at radius 2 is 1.42 bits per heavy atom. The zero-order valence-electron chi connectivity index (χ0n) is 14.8. The fraction of sp³-hybridized carbons (Fsp3) is 1.00. The Morgan fingerprint density at radius 3 is 1.88 bits per heavy atom. The van der Waals surface area contributed by atoms with Gasteiger partial charge in [-0.05, 0) is 13.8 Å². The van der Waals surface area contributed by atoms with Gasteiger partial charge >= 0.3 is 0 Å². The number of aliphatic hydroxyl groups is 7. The van der Waals surface area contributed by atoms with E-state index in [0.717, 1.165) is 0 Å². The number of hydrogen-bond acceptors (Lipinski definition) is 11. The number of hydrogen-bond donors (Lipinski definition) is 7. The van der Waals surface area contributed by atoms with Gasteiger partial charge in [0.2, 0.25) is 0 Å². The predicted molar refractivity (Wildman–Crippen MR) is 82.6 cm³/mol. The first kappa shape index (κ1) is 21.9. The first-order valence-corrected chi connectivity index (χ1v) is 8.22. The van der Waals surface area contributed by atoms with Gasteiger partial charge in [-0.2, -0.15) is 0 Å². The number of rotatable bonds is 7. The molecule has 0 spiro atoms. The van der Waals surface area contributed by atoms with Gasteiger partial charge in [-0.3, -0.25) is 0 Å². The van der Waals surface area contributed by atoms with Crippen LogP contribution in [0.1, 0.15) is 13.8 Å². The molecule has 26 heavy (non-hydrogen) atoms. The third-order valence-electron chi connectivity index (χ3n) is 5.02. The van der Waals surface area contributed by atoms with Crippen molar-refractivity contribution in [2.24, 2.45) is 0 Å². The molecule has 154 valence electrons. The van der Waals surface area contributed by atoms with Crippen molar-refractivity contribution >= 4 is 0 Å². The molecule has 0 aromatic heterocycles. The molecular weight excluding hydrogens is 356 g/mol. The minimum absolute atomic E-state index is 0.675. The summed E-state index contributed by atoms with van der Waals surface area (Å²) < 4.78 is 21.1. The van der Waals surface area contributed by atoms with E-state index in [-0.39, 0.29) is 0 Å². The topological polar surface area (TPSA) is 179 Å². The molecule has 11 heteroatoms. The van der Waals surface area contributed by atoms with E-state index in [4.69, 9.17) is 24.1 Å². The zero-order chi connectivity index (χ0) is 19.9. The van der Waals surface area contributed by atoms with Crippen LogP contribution in [0.25, 0.3) is 0 Å².